The van der Waals surface area contributed by atoms with E-state index in [1.165, 1.54) is 6.92 Å². The van der Waals surface area contributed by atoms with Gasteiger partial charge in [0.15, 0.2) is 17.0 Å². The molecule has 0 aliphatic heterocycles. The molecule has 9 nitrogen and oxygen atoms in total. The van der Waals surface area contributed by atoms with E-state index in [1.54, 1.807) is 25.1 Å². The number of hydrogen-bond donors (Lipinski definition) is 3. The summed E-state index contributed by atoms with van der Waals surface area (Å²) in [5.41, 5.74) is 0.831. The minimum absolute atomic E-state index is 0.102. The first-order chi connectivity index (χ1) is 15.4. The zero-order valence-corrected chi connectivity index (χ0v) is 17.9. The second kappa shape index (κ2) is 7.29. The second-order valence-corrected chi connectivity index (χ2v) is 8.25. The number of nitrogens with one attached hydrogen (secondary N) is 1. The molecule has 3 aromatic rings. The number of carbonyl (C=O) groups excluding carboxylic acids is 1. The van der Waals surface area contributed by atoms with Crippen LogP contribution in [0, 0.1) is 23.2 Å². The van der Waals surface area contributed by atoms with Crippen molar-refractivity contribution < 1.29 is 19.7 Å². The van der Waals surface area contributed by atoms with Gasteiger partial charge in [0.25, 0.3) is 0 Å². The molecule has 1 aromatic carbocycles. The molecule has 0 bridgehead atoms. The first-order valence-electron chi connectivity index (χ1n) is 10.4. The molecule has 164 valence electrons. The highest BCUT2D eigenvalue weighted by molar-refractivity contribution is 5.88. The molecule has 0 spiro atoms. The van der Waals surface area contributed by atoms with E-state index in [2.05, 4.69) is 32.1 Å². The molecule has 2 heterocycles. The van der Waals surface area contributed by atoms with E-state index in [0.717, 1.165) is 0 Å². The van der Waals surface area contributed by atoms with Gasteiger partial charge in [0, 0.05) is 7.05 Å². The second-order valence-electron chi connectivity index (χ2n) is 8.25. The Morgan fingerprint density at radius 2 is 2.06 bits per heavy atom. The van der Waals surface area contributed by atoms with E-state index in [4.69, 9.17) is 4.74 Å². The minimum atomic E-state index is -1.11. The van der Waals surface area contributed by atoms with E-state index >= 15 is 0 Å². The maximum absolute atomic E-state index is 12.2. The van der Waals surface area contributed by atoms with Gasteiger partial charge in [-0.2, -0.15) is 0 Å². The Bertz CT molecular complexity index is 1290. The summed E-state index contributed by atoms with van der Waals surface area (Å²) < 4.78 is 7.08. The molecular weight excluding hydrogens is 410 g/mol. The van der Waals surface area contributed by atoms with Gasteiger partial charge in [-0.3, -0.25) is 4.79 Å². The smallest absolute Gasteiger partial charge is 0.209 e. The summed E-state index contributed by atoms with van der Waals surface area (Å²) in [6.45, 7) is 1.47. The van der Waals surface area contributed by atoms with E-state index in [-0.39, 0.29) is 17.5 Å². The Morgan fingerprint density at radius 3 is 2.75 bits per heavy atom. The zero-order valence-electron chi connectivity index (χ0n) is 17.9. The van der Waals surface area contributed by atoms with Crippen molar-refractivity contribution in [2.75, 3.05) is 19.5 Å². The lowest BCUT2D eigenvalue weighted by atomic mass is 9.95. The van der Waals surface area contributed by atoms with E-state index in [0.29, 0.717) is 34.7 Å². The summed E-state index contributed by atoms with van der Waals surface area (Å²) in [5, 5.41) is 24.4. The lowest BCUT2D eigenvalue weighted by Crippen LogP contribution is -2.36. The van der Waals surface area contributed by atoms with Crippen molar-refractivity contribution in [2.24, 2.45) is 11.3 Å². The molecule has 3 N–H and O–H groups in total. The normalized spacial score (nSPS) is 28.0. The predicted molar refractivity (Wildman–Crippen MR) is 116 cm³/mol. The van der Waals surface area contributed by atoms with Gasteiger partial charge in [-0.05, 0) is 37.3 Å². The molecule has 9 heteroatoms. The number of aliphatic hydroxyl groups excluding tert-OH is 2. The number of ketones is 1. The van der Waals surface area contributed by atoms with Gasteiger partial charge in [0.1, 0.15) is 17.6 Å². The highest BCUT2D eigenvalue weighted by Gasteiger charge is 2.74. The largest absolute Gasteiger partial charge is 0.495 e. The van der Waals surface area contributed by atoms with Gasteiger partial charge in [-0.1, -0.05) is 18.1 Å². The number of methoxy groups -OCH3 is 1. The van der Waals surface area contributed by atoms with Gasteiger partial charge in [0.2, 0.25) is 5.82 Å². The Balaban J connectivity index is 1.59. The lowest BCUT2D eigenvalue weighted by molar-refractivity contribution is -0.128. The van der Waals surface area contributed by atoms with Crippen molar-refractivity contribution in [3.05, 3.63) is 42.0 Å². The molecule has 2 saturated carbocycles. The Kier molecular flexibility index (Phi) is 4.65. The number of imidazole rings is 1. The number of rotatable bonds is 4. The first-order valence-corrected chi connectivity index (χ1v) is 10.4. The van der Waals surface area contributed by atoms with Crippen LogP contribution in [0.15, 0.2) is 30.6 Å². The zero-order chi connectivity index (χ0) is 22.6. The molecule has 2 aliphatic rings. The van der Waals surface area contributed by atoms with Crippen LogP contribution in [-0.2, 0) is 4.79 Å². The first kappa shape index (κ1) is 20.4. The number of aromatic nitrogens is 4. The molecule has 5 rings (SSSR count). The number of hydrogen-bond acceptors (Lipinski definition) is 8. The number of aliphatic hydroxyl groups is 2. The topological polar surface area (TPSA) is 122 Å². The number of benzene rings is 1. The van der Waals surface area contributed by atoms with E-state index in [9.17, 15) is 15.0 Å². The standard InChI is InChI=1S/C23H23N5O4/c1-12(29)23-10-14(23)18(19(30)20(23)31)28-11-25-17-21(24-2)26-16(27-22(17)28)9-8-13-6-4-5-7-15(13)32-3/h4-7,11,14,18-20,30-31H,10H2,1-3H3,(H,24,26,27)/t14?,18-,19+,20?,23-/m1/s1. The molecule has 2 aromatic heterocycles. The third-order valence-corrected chi connectivity index (χ3v) is 6.72. The number of para-hydroxylation sites is 1. The van der Waals surface area contributed by atoms with Crippen molar-refractivity contribution in [2.45, 2.75) is 31.6 Å². The van der Waals surface area contributed by atoms with Crippen LogP contribution in [0.3, 0.4) is 0 Å². The fraction of sp³-hybridized carbons (Fsp3) is 0.391. The van der Waals surface area contributed by atoms with Crippen LogP contribution in [0.25, 0.3) is 11.2 Å². The third-order valence-electron chi connectivity index (χ3n) is 6.72. The highest BCUT2D eigenvalue weighted by atomic mass is 16.5. The molecule has 2 aliphatic carbocycles. The molecule has 2 unspecified atom stereocenters. The van der Waals surface area contributed by atoms with Crippen LogP contribution in [0.2, 0.25) is 0 Å². The summed E-state index contributed by atoms with van der Waals surface area (Å²) in [4.78, 5) is 25.7. The third kappa shape index (κ3) is 2.80. The lowest BCUT2D eigenvalue weighted by Gasteiger charge is -2.23. The Labute approximate surface area is 184 Å². The van der Waals surface area contributed by atoms with Gasteiger partial charge in [0.05, 0.1) is 36.6 Å². The van der Waals surface area contributed by atoms with Crippen LogP contribution < -0.4 is 10.1 Å². The summed E-state index contributed by atoms with van der Waals surface area (Å²) in [6, 6.07) is 6.90. The Hall–Kier alpha value is -3.48. The van der Waals surface area contributed by atoms with Gasteiger partial charge in [-0.15, -0.1) is 0 Å². The maximum atomic E-state index is 12.2. The average molecular weight is 433 g/mol. The van der Waals surface area contributed by atoms with Crippen LogP contribution in [0.5, 0.6) is 5.75 Å². The monoisotopic (exact) mass is 433 g/mol. The summed E-state index contributed by atoms with van der Waals surface area (Å²) in [7, 11) is 3.31. The number of ether oxygens (including phenoxy) is 1. The molecular formula is C23H23N5O4. The van der Waals surface area contributed by atoms with E-state index < -0.39 is 23.7 Å². The summed E-state index contributed by atoms with van der Waals surface area (Å²) in [6.07, 6.45) is -0.0868. The number of anilines is 1. The van der Waals surface area contributed by atoms with Gasteiger partial charge < -0.3 is 24.8 Å². The summed E-state index contributed by atoms with van der Waals surface area (Å²) in [5.74, 6) is 7.17. The SMILES string of the molecule is CNc1nc(C#Cc2ccccc2OC)nc2c1ncn2[C@@H]1C2C[C@]2(C(C)=O)C(O)[C@H]1O. The van der Waals surface area contributed by atoms with Crippen molar-refractivity contribution in [3.63, 3.8) is 0 Å². The van der Waals surface area contributed by atoms with Crippen LogP contribution in [-0.4, -0.2) is 61.9 Å². The number of nitrogens with zero attached hydrogens (tertiary/aromatic N) is 4. The van der Waals surface area contributed by atoms with Crippen molar-refractivity contribution in [1.29, 1.82) is 0 Å². The molecule has 5 atom stereocenters. The van der Waals surface area contributed by atoms with Crippen LogP contribution in [0.1, 0.15) is 30.8 Å². The summed E-state index contributed by atoms with van der Waals surface area (Å²) >= 11 is 0. The van der Waals surface area contributed by atoms with E-state index in [1.807, 2.05) is 24.3 Å². The van der Waals surface area contributed by atoms with Crippen molar-refractivity contribution >= 4 is 22.8 Å². The number of carbonyl (C=O) groups is 1. The fourth-order valence-electron chi connectivity index (χ4n) is 5.01. The highest BCUT2D eigenvalue weighted by Crippen LogP contribution is 2.68. The number of Topliss-reactive ketones (excluding diaryl/α,β-unsaturated/α-hetero) is 1. The van der Waals surface area contributed by atoms with Crippen molar-refractivity contribution in [1.82, 2.24) is 19.5 Å². The van der Waals surface area contributed by atoms with Crippen molar-refractivity contribution in [3.8, 4) is 17.6 Å². The fourth-order valence-corrected chi connectivity index (χ4v) is 5.01. The molecule has 0 saturated heterocycles. The molecule has 32 heavy (non-hydrogen) atoms. The maximum Gasteiger partial charge on any atom is 0.209 e. The molecule has 2 fully saturated rings. The molecule has 0 radical (unpaired) electrons. The average Bonchev–Trinajstić information content (AvgIpc) is 3.35. The van der Waals surface area contributed by atoms with Gasteiger partial charge >= 0.3 is 0 Å². The van der Waals surface area contributed by atoms with Crippen LogP contribution >= 0.6 is 0 Å². The number of fused-ring (bicyclic) bond motifs is 2. The predicted octanol–water partition coefficient (Wildman–Crippen LogP) is 1.15. The van der Waals surface area contributed by atoms with Gasteiger partial charge in [-0.25, -0.2) is 15.0 Å². The minimum Gasteiger partial charge on any atom is -0.495 e. The van der Waals surface area contributed by atoms with Crippen LogP contribution in [0.4, 0.5) is 5.82 Å². The Morgan fingerprint density at radius 1 is 1.28 bits per heavy atom. The molecule has 0 amide bonds. The quantitative estimate of drug-likeness (QED) is 0.524.